The highest BCUT2D eigenvalue weighted by molar-refractivity contribution is 6.15. The lowest BCUT2D eigenvalue weighted by molar-refractivity contribution is 0.668. The van der Waals surface area contributed by atoms with Gasteiger partial charge in [-0.15, -0.1) is 0 Å². The highest BCUT2D eigenvalue weighted by Crippen LogP contribution is 2.34. The van der Waals surface area contributed by atoms with Gasteiger partial charge in [-0.2, -0.15) is 0 Å². The summed E-state index contributed by atoms with van der Waals surface area (Å²) in [6.07, 6.45) is -0.246. The second-order valence-corrected chi connectivity index (χ2v) is 10.7. The van der Waals surface area contributed by atoms with E-state index in [0.29, 0.717) is 5.84 Å². The van der Waals surface area contributed by atoms with Crippen molar-refractivity contribution in [3.8, 4) is 22.3 Å². The lowest BCUT2D eigenvalue weighted by atomic mass is 9.98. The molecule has 1 aromatic heterocycles. The van der Waals surface area contributed by atoms with E-state index in [4.69, 9.17) is 14.4 Å². The Morgan fingerprint density at radius 3 is 1.70 bits per heavy atom. The Balaban J connectivity index is 1.21. The van der Waals surface area contributed by atoms with Crippen LogP contribution in [0.4, 0.5) is 0 Å². The van der Waals surface area contributed by atoms with Gasteiger partial charge in [0, 0.05) is 21.9 Å². The predicted octanol–water partition coefficient (Wildman–Crippen LogP) is 9.42. The number of aliphatic imine (C=N–C) groups is 2. The monoisotopic (exact) mass is 553 g/mol. The molecule has 1 N–H and O–H groups in total. The molecule has 0 fully saturated rings. The molecule has 0 spiro atoms. The molecule has 0 aliphatic carbocycles. The van der Waals surface area contributed by atoms with Crippen LogP contribution < -0.4 is 5.32 Å². The average Bonchev–Trinajstić information content (AvgIpc) is 3.46. The van der Waals surface area contributed by atoms with Crippen LogP contribution in [0.15, 0.2) is 166 Å². The predicted molar refractivity (Wildman–Crippen MR) is 176 cm³/mol. The summed E-state index contributed by atoms with van der Waals surface area (Å²) in [5.41, 5.74) is 9.48. The number of furan rings is 1. The molecule has 0 bridgehead atoms. The van der Waals surface area contributed by atoms with Crippen molar-refractivity contribution in [3.63, 3.8) is 0 Å². The van der Waals surface area contributed by atoms with E-state index < -0.39 is 0 Å². The molecule has 6 aromatic carbocycles. The van der Waals surface area contributed by atoms with Gasteiger partial charge in [0.05, 0.1) is 0 Å². The van der Waals surface area contributed by atoms with Gasteiger partial charge in [-0.3, -0.25) is 0 Å². The number of amidine groups is 2. The molecule has 0 saturated carbocycles. The third-order valence-electron chi connectivity index (χ3n) is 7.94. The number of nitrogens with zero attached hydrogens (tertiary/aromatic N) is 2. The first-order valence-corrected chi connectivity index (χ1v) is 14.4. The van der Waals surface area contributed by atoms with Gasteiger partial charge in [0.2, 0.25) is 0 Å². The van der Waals surface area contributed by atoms with Crippen molar-refractivity contribution < 1.29 is 4.42 Å². The quantitative estimate of drug-likeness (QED) is 0.231. The molecule has 43 heavy (non-hydrogen) atoms. The Labute approximate surface area is 249 Å². The molecular weight excluding hydrogens is 526 g/mol. The second kappa shape index (κ2) is 10.6. The Morgan fingerprint density at radius 2 is 1.00 bits per heavy atom. The molecule has 1 unspecified atom stereocenters. The van der Waals surface area contributed by atoms with Gasteiger partial charge in [-0.05, 0) is 64.2 Å². The molecule has 7 aromatic rings. The number of benzene rings is 6. The minimum Gasteiger partial charge on any atom is -0.456 e. The van der Waals surface area contributed by atoms with Crippen molar-refractivity contribution >= 4 is 33.6 Å². The molecule has 1 aliphatic rings. The average molecular weight is 554 g/mol. The van der Waals surface area contributed by atoms with Crippen molar-refractivity contribution in [1.29, 1.82) is 0 Å². The Kier molecular flexibility index (Phi) is 6.16. The molecule has 0 saturated heterocycles. The van der Waals surface area contributed by atoms with E-state index in [1.165, 1.54) is 16.7 Å². The standard InChI is InChI=1S/C39H27N3O/c1-4-11-26(12-5-1)29-17-10-18-30(23-29)31-19-21-35-33(24-31)34-25-32(20-22-36(34)43-35)39-41-37(27-13-6-2-7-14-27)40-38(42-39)28-15-8-3-9-16-28/h1-25,37H,(H,40,41,42). The number of hydrogen-bond acceptors (Lipinski definition) is 4. The van der Waals surface area contributed by atoms with Crippen molar-refractivity contribution in [3.05, 3.63) is 168 Å². The number of rotatable bonds is 5. The fraction of sp³-hybridized carbons (Fsp3) is 0.0256. The topological polar surface area (TPSA) is 49.9 Å². The molecule has 8 rings (SSSR count). The first-order valence-electron chi connectivity index (χ1n) is 14.4. The van der Waals surface area contributed by atoms with E-state index in [1.54, 1.807) is 0 Å². The van der Waals surface area contributed by atoms with Crippen molar-refractivity contribution in [2.75, 3.05) is 0 Å². The molecular formula is C39H27N3O. The van der Waals surface area contributed by atoms with Crippen molar-refractivity contribution in [1.82, 2.24) is 5.32 Å². The number of nitrogens with one attached hydrogen (secondary N) is 1. The van der Waals surface area contributed by atoms with Gasteiger partial charge in [-0.1, -0.05) is 115 Å². The first kappa shape index (κ1) is 25.0. The van der Waals surface area contributed by atoms with Crippen LogP contribution >= 0.6 is 0 Å². The van der Waals surface area contributed by atoms with Crippen LogP contribution in [0.5, 0.6) is 0 Å². The lowest BCUT2D eigenvalue weighted by Crippen LogP contribution is -2.33. The summed E-state index contributed by atoms with van der Waals surface area (Å²) in [5.74, 6) is 1.49. The van der Waals surface area contributed by atoms with E-state index in [2.05, 4.69) is 108 Å². The summed E-state index contributed by atoms with van der Waals surface area (Å²) in [5, 5.41) is 5.71. The normalized spacial score (nSPS) is 14.7. The van der Waals surface area contributed by atoms with Crippen LogP contribution in [-0.2, 0) is 0 Å². The third kappa shape index (κ3) is 4.79. The Bertz CT molecular complexity index is 2150. The maximum atomic E-state index is 6.28. The van der Waals surface area contributed by atoms with Crippen LogP contribution in [0.3, 0.4) is 0 Å². The SMILES string of the molecule is c1ccc(C2=NC(c3ccccc3)NC(c3ccc4oc5ccc(-c6cccc(-c7ccccc7)c6)cc5c4c3)=N2)cc1. The Hall–Kier alpha value is -5.74. The molecule has 0 amide bonds. The summed E-state index contributed by atoms with van der Waals surface area (Å²) in [7, 11) is 0. The molecule has 1 aliphatic heterocycles. The zero-order chi connectivity index (χ0) is 28.6. The largest absolute Gasteiger partial charge is 0.456 e. The molecule has 2 heterocycles. The van der Waals surface area contributed by atoms with Gasteiger partial charge < -0.3 is 9.73 Å². The zero-order valence-electron chi connectivity index (χ0n) is 23.3. The zero-order valence-corrected chi connectivity index (χ0v) is 23.3. The smallest absolute Gasteiger partial charge is 0.159 e. The number of fused-ring (bicyclic) bond motifs is 3. The van der Waals surface area contributed by atoms with Gasteiger partial charge in [-0.25, -0.2) is 9.98 Å². The van der Waals surface area contributed by atoms with Crippen LogP contribution in [0.2, 0.25) is 0 Å². The fourth-order valence-corrected chi connectivity index (χ4v) is 5.73. The lowest BCUT2D eigenvalue weighted by Gasteiger charge is -2.23. The van der Waals surface area contributed by atoms with E-state index in [1.807, 2.05) is 48.5 Å². The maximum Gasteiger partial charge on any atom is 0.159 e. The summed E-state index contributed by atoms with van der Waals surface area (Å²) in [6.45, 7) is 0. The Morgan fingerprint density at radius 1 is 0.465 bits per heavy atom. The van der Waals surface area contributed by atoms with Gasteiger partial charge in [0.1, 0.15) is 23.2 Å². The molecule has 0 radical (unpaired) electrons. The van der Waals surface area contributed by atoms with Gasteiger partial charge >= 0.3 is 0 Å². The van der Waals surface area contributed by atoms with E-state index in [0.717, 1.165) is 50.0 Å². The fourth-order valence-electron chi connectivity index (χ4n) is 5.73. The minimum atomic E-state index is -0.246. The third-order valence-corrected chi connectivity index (χ3v) is 7.94. The molecule has 4 nitrogen and oxygen atoms in total. The van der Waals surface area contributed by atoms with E-state index >= 15 is 0 Å². The van der Waals surface area contributed by atoms with Gasteiger partial charge in [0.15, 0.2) is 5.84 Å². The van der Waals surface area contributed by atoms with Crippen LogP contribution in [0.25, 0.3) is 44.2 Å². The minimum absolute atomic E-state index is 0.246. The van der Waals surface area contributed by atoms with Crippen molar-refractivity contribution in [2.45, 2.75) is 6.17 Å². The van der Waals surface area contributed by atoms with Crippen LogP contribution in [-0.4, -0.2) is 11.7 Å². The highest BCUT2D eigenvalue weighted by Gasteiger charge is 2.21. The molecule has 1 atom stereocenters. The number of hydrogen-bond donors (Lipinski definition) is 1. The molecule has 204 valence electrons. The summed E-state index contributed by atoms with van der Waals surface area (Å²) < 4.78 is 6.28. The highest BCUT2D eigenvalue weighted by atomic mass is 16.3. The van der Waals surface area contributed by atoms with Crippen LogP contribution in [0.1, 0.15) is 22.9 Å². The van der Waals surface area contributed by atoms with Gasteiger partial charge in [0.25, 0.3) is 0 Å². The van der Waals surface area contributed by atoms with E-state index in [-0.39, 0.29) is 6.17 Å². The van der Waals surface area contributed by atoms with Crippen molar-refractivity contribution in [2.24, 2.45) is 9.98 Å². The summed E-state index contributed by atoms with van der Waals surface area (Å²) >= 11 is 0. The second-order valence-electron chi connectivity index (χ2n) is 10.7. The molecule has 4 heteroatoms. The maximum absolute atomic E-state index is 6.28. The van der Waals surface area contributed by atoms with Crippen LogP contribution in [0, 0.1) is 0 Å². The first-order chi connectivity index (χ1) is 21.3. The summed E-state index contributed by atoms with van der Waals surface area (Å²) in [4.78, 5) is 9.97. The van der Waals surface area contributed by atoms with E-state index in [9.17, 15) is 0 Å². The summed E-state index contributed by atoms with van der Waals surface area (Å²) in [6, 6.07) is 52.3.